The van der Waals surface area contributed by atoms with Crippen LogP contribution in [0.1, 0.15) is 44.6 Å². The van der Waals surface area contributed by atoms with Gasteiger partial charge in [-0.1, -0.05) is 31.4 Å². The summed E-state index contributed by atoms with van der Waals surface area (Å²) in [5.74, 6) is 1.69. The van der Waals surface area contributed by atoms with E-state index in [-0.39, 0.29) is 4.90 Å². The number of aromatic nitrogens is 3. The molecule has 0 bridgehead atoms. The van der Waals surface area contributed by atoms with Gasteiger partial charge in [0.1, 0.15) is 6.33 Å². The van der Waals surface area contributed by atoms with Gasteiger partial charge in [0, 0.05) is 12.6 Å². The molecule has 9 heteroatoms. The molecular formula is C18H26N6O2S. The van der Waals surface area contributed by atoms with E-state index < -0.39 is 10.0 Å². The normalized spacial score (nSPS) is 16.7. The minimum absolute atomic E-state index is 0.0922. The van der Waals surface area contributed by atoms with Crippen LogP contribution in [0.15, 0.2) is 35.5 Å². The van der Waals surface area contributed by atoms with Crippen molar-refractivity contribution in [1.29, 1.82) is 0 Å². The van der Waals surface area contributed by atoms with Crippen LogP contribution in [0.2, 0.25) is 0 Å². The van der Waals surface area contributed by atoms with Gasteiger partial charge in [-0.25, -0.2) is 23.5 Å². The molecular weight excluding hydrogens is 364 g/mol. The molecule has 1 unspecified atom stereocenters. The predicted octanol–water partition coefficient (Wildman–Crippen LogP) is 2.51. The maximum absolute atomic E-state index is 11.3. The molecule has 8 nitrogen and oxygen atoms in total. The molecule has 0 aliphatic heterocycles. The SMILES string of the molecule is CC(Nc1ncnc(NCc2ccc(S(N)(=O)=O)cc2)n1)C1CCCCC1. The summed E-state index contributed by atoms with van der Waals surface area (Å²) < 4.78 is 22.6. The Kier molecular flexibility index (Phi) is 6.22. The Labute approximate surface area is 160 Å². The lowest BCUT2D eigenvalue weighted by molar-refractivity contribution is 0.327. The highest BCUT2D eigenvalue weighted by atomic mass is 32.2. The molecule has 1 aromatic carbocycles. The third kappa shape index (κ3) is 5.61. The largest absolute Gasteiger partial charge is 0.351 e. The van der Waals surface area contributed by atoms with E-state index in [0.717, 1.165) is 5.56 Å². The second kappa shape index (κ2) is 8.62. The van der Waals surface area contributed by atoms with Crippen LogP contribution < -0.4 is 15.8 Å². The molecule has 27 heavy (non-hydrogen) atoms. The summed E-state index contributed by atoms with van der Waals surface area (Å²) in [4.78, 5) is 12.9. The van der Waals surface area contributed by atoms with E-state index in [0.29, 0.717) is 30.4 Å². The van der Waals surface area contributed by atoms with Crippen LogP contribution in [0.25, 0.3) is 0 Å². The van der Waals surface area contributed by atoms with Crippen LogP contribution in [0, 0.1) is 5.92 Å². The van der Waals surface area contributed by atoms with Crippen LogP contribution in [0.3, 0.4) is 0 Å². The fraction of sp³-hybridized carbons (Fsp3) is 0.500. The molecule has 4 N–H and O–H groups in total. The summed E-state index contributed by atoms with van der Waals surface area (Å²) >= 11 is 0. The van der Waals surface area contributed by atoms with Crippen molar-refractivity contribution in [2.75, 3.05) is 10.6 Å². The second-order valence-corrected chi connectivity index (χ2v) is 8.57. The molecule has 1 aromatic heterocycles. The lowest BCUT2D eigenvalue weighted by atomic mass is 9.85. The highest BCUT2D eigenvalue weighted by Crippen LogP contribution is 2.27. The molecule has 1 heterocycles. The molecule has 1 aliphatic rings. The molecule has 1 saturated carbocycles. The average molecular weight is 391 g/mol. The number of hydrogen-bond acceptors (Lipinski definition) is 7. The van der Waals surface area contributed by atoms with Crippen molar-refractivity contribution in [1.82, 2.24) is 15.0 Å². The van der Waals surface area contributed by atoms with E-state index in [1.807, 2.05) is 0 Å². The van der Waals surface area contributed by atoms with Crippen molar-refractivity contribution >= 4 is 21.9 Å². The molecule has 0 radical (unpaired) electrons. The van der Waals surface area contributed by atoms with Crippen molar-refractivity contribution in [3.63, 3.8) is 0 Å². The Bertz CT molecular complexity index is 850. The third-order valence-corrected chi connectivity index (χ3v) is 5.92. The van der Waals surface area contributed by atoms with Crippen molar-refractivity contribution < 1.29 is 8.42 Å². The second-order valence-electron chi connectivity index (χ2n) is 7.01. The third-order valence-electron chi connectivity index (χ3n) is 4.99. The summed E-state index contributed by atoms with van der Waals surface area (Å²) in [6, 6.07) is 6.71. The van der Waals surface area contributed by atoms with Crippen LogP contribution in [-0.4, -0.2) is 29.4 Å². The Balaban J connectivity index is 1.57. The summed E-state index contributed by atoms with van der Waals surface area (Å²) in [5, 5.41) is 11.6. The topological polar surface area (TPSA) is 123 Å². The molecule has 0 saturated heterocycles. The number of anilines is 2. The van der Waals surface area contributed by atoms with Crippen LogP contribution in [0.5, 0.6) is 0 Å². The van der Waals surface area contributed by atoms with Crippen molar-refractivity contribution in [2.24, 2.45) is 11.1 Å². The number of nitrogens with zero attached hydrogens (tertiary/aromatic N) is 3. The van der Waals surface area contributed by atoms with E-state index >= 15 is 0 Å². The zero-order valence-electron chi connectivity index (χ0n) is 15.4. The molecule has 2 aromatic rings. The Morgan fingerprint density at radius 3 is 2.44 bits per heavy atom. The summed E-state index contributed by atoms with van der Waals surface area (Å²) in [6.07, 6.45) is 7.91. The van der Waals surface area contributed by atoms with Gasteiger partial charge in [0.15, 0.2) is 0 Å². The summed E-state index contributed by atoms with van der Waals surface area (Å²) in [5.41, 5.74) is 0.896. The van der Waals surface area contributed by atoms with Gasteiger partial charge in [0.25, 0.3) is 0 Å². The molecule has 3 rings (SSSR count). The number of nitrogens with two attached hydrogens (primary N) is 1. The van der Waals surface area contributed by atoms with E-state index in [2.05, 4.69) is 32.5 Å². The number of rotatable bonds is 7. The average Bonchev–Trinajstić information content (AvgIpc) is 2.67. The Morgan fingerprint density at radius 1 is 1.11 bits per heavy atom. The first kappa shape index (κ1) is 19.5. The first-order chi connectivity index (χ1) is 12.9. The van der Waals surface area contributed by atoms with E-state index in [1.165, 1.54) is 50.6 Å². The molecule has 1 atom stereocenters. The van der Waals surface area contributed by atoms with Crippen LogP contribution in [0.4, 0.5) is 11.9 Å². The van der Waals surface area contributed by atoms with Gasteiger partial charge in [-0.05, 0) is 43.4 Å². The number of primary sulfonamides is 1. The van der Waals surface area contributed by atoms with E-state index in [4.69, 9.17) is 5.14 Å². The van der Waals surface area contributed by atoms with Crippen molar-refractivity contribution in [2.45, 2.75) is 56.5 Å². The molecule has 1 aliphatic carbocycles. The lowest BCUT2D eigenvalue weighted by Crippen LogP contribution is -2.28. The van der Waals surface area contributed by atoms with Gasteiger partial charge in [-0.15, -0.1) is 0 Å². The van der Waals surface area contributed by atoms with Gasteiger partial charge >= 0.3 is 0 Å². The van der Waals surface area contributed by atoms with Gasteiger partial charge < -0.3 is 10.6 Å². The van der Waals surface area contributed by atoms with Crippen LogP contribution >= 0.6 is 0 Å². The Morgan fingerprint density at radius 2 is 1.78 bits per heavy atom. The number of benzene rings is 1. The van der Waals surface area contributed by atoms with Gasteiger partial charge in [0.2, 0.25) is 21.9 Å². The minimum atomic E-state index is -3.67. The first-order valence-corrected chi connectivity index (χ1v) is 10.8. The monoisotopic (exact) mass is 390 g/mol. The van der Waals surface area contributed by atoms with Crippen molar-refractivity contribution in [3.05, 3.63) is 36.2 Å². The first-order valence-electron chi connectivity index (χ1n) is 9.23. The fourth-order valence-electron chi connectivity index (χ4n) is 3.38. The maximum Gasteiger partial charge on any atom is 0.238 e. The summed E-state index contributed by atoms with van der Waals surface area (Å²) in [7, 11) is -3.67. The predicted molar refractivity (Wildman–Crippen MR) is 105 cm³/mol. The zero-order chi connectivity index (χ0) is 19.3. The molecule has 146 valence electrons. The van der Waals surface area contributed by atoms with Gasteiger partial charge in [-0.3, -0.25) is 0 Å². The quantitative estimate of drug-likeness (QED) is 0.664. The van der Waals surface area contributed by atoms with Crippen LogP contribution in [-0.2, 0) is 16.6 Å². The van der Waals surface area contributed by atoms with Crippen molar-refractivity contribution in [3.8, 4) is 0 Å². The number of sulfonamides is 1. The summed E-state index contributed by atoms with van der Waals surface area (Å²) in [6.45, 7) is 2.65. The number of nitrogens with one attached hydrogen (secondary N) is 2. The Hall–Kier alpha value is -2.26. The van der Waals surface area contributed by atoms with E-state index in [9.17, 15) is 8.42 Å². The minimum Gasteiger partial charge on any atom is -0.351 e. The maximum atomic E-state index is 11.3. The van der Waals surface area contributed by atoms with E-state index in [1.54, 1.807) is 12.1 Å². The fourth-order valence-corrected chi connectivity index (χ4v) is 3.90. The standard InChI is InChI=1S/C18H26N6O2S/c1-13(15-5-3-2-4-6-15)23-18-22-12-21-17(24-18)20-11-14-7-9-16(10-8-14)27(19,25)26/h7-10,12-13,15H,2-6,11H2,1H3,(H2,19,25,26)(H2,20,21,22,23,24). The number of hydrogen-bond donors (Lipinski definition) is 3. The lowest BCUT2D eigenvalue weighted by Gasteiger charge is -2.28. The highest BCUT2D eigenvalue weighted by molar-refractivity contribution is 7.89. The van der Waals surface area contributed by atoms with Gasteiger partial charge in [-0.2, -0.15) is 4.98 Å². The molecule has 0 amide bonds. The highest BCUT2D eigenvalue weighted by Gasteiger charge is 2.20. The molecule has 0 spiro atoms. The van der Waals surface area contributed by atoms with Gasteiger partial charge in [0.05, 0.1) is 4.90 Å². The molecule has 1 fully saturated rings. The smallest absolute Gasteiger partial charge is 0.238 e. The zero-order valence-corrected chi connectivity index (χ0v) is 16.2.